The van der Waals surface area contributed by atoms with Gasteiger partial charge in [-0.25, -0.2) is 0 Å². The molecule has 13 heavy (non-hydrogen) atoms. The summed E-state index contributed by atoms with van der Waals surface area (Å²) >= 11 is 0. The van der Waals surface area contributed by atoms with E-state index in [1.165, 1.54) is 32.4 Å². The third kappa shape index (κ3) is 3.30. The number of hydrogen-bond donors (Lipinski definition) is 0. The minimum Gasteiger partial charge on any atom is -0.300 e. The summed E-state index contributed by atoms with van der Waals surface area (Å²) < 4.78 is 0. The molecular formula is C12H25N. The van der Waals surface area contributed by atoms with Crippen LogP contribution in [0.2, 0.25) is 0 Å². The highest BCUT2D eigenvalue weighted by molar-refractivity contribution is 4.81. The second-order valence-electron chi connectivity index (χ2n) is 5.17. The van der Waals surface area contributed by atoms with Crippen LogP contribution in [0.3, 0.4) is 0 Å². The second-order valence-corrected chi connectivity index (χ2v) is 5.17. The first kappa shape index (κ1) is 11.0. The van der Waals surface area contributed by atoms with Crippen LogP contribution >= 0.6 is 0 Å². The van der Waals surface area contributed by atoms with Crippen LogP contribution in [0.4, 0.5) is 0 Å². The molecule has 1 rings (SSSR count). The zero-order valence-electron chi connectivity index (χ0n) is 9.71. The Labute approximate surface area is 83.5 Å². The first-order chi connectivity index (χ1) is 6.11. The van der Waals surface area contributed by atoms with Crippen molar-refractivity contribution in [3.8, 4) is 0 Å². The predicted molar refractivity (Wildman–Crippen MR) is 58.9 cm³/mol. The SMILES string of the molecule is CC(C)CCN1CCC[C@H]1C(C)C. The highest BCUT2D eigenvalue weighted by Crippen LogP contribution is 2.24. The van der Waals surface area contributed by atoms with Crippen LogP contribution in [-0.4, -0.2) is 24.0 Å². The van der Waals surface area contributed by atoms with Gasteiger partial charge in [-0.2, -0.15) is 0 Å². The van der Waals surface area contributed by atoms with E-state index in [1.807, 2.05) is 0 Å². The Balaban J connectivity index is 2.31. The quantitative estimate of drug-likeness (QED) is 0.647. The molecule has 0 aromatic carbocycles. The maximum atomic E-state index is 2.70. The molecule has 0 aliphatic carbocycles. The fourth-order valence-corrected chi connectivity index (χ4v) is 2.31. The highest BCUT2D eigenvalue weighted by Gasteiger charge is 2.26. The van der Waals surface area contributed by atoms with Crippen LogP contribution in [0.15, 0.2) is 0 Å². The molecular weight excluding hydrogens is 158 g/mol. The molecule has 1 aliphatic rings. The molecule has 1 saturated heterocycles. The van der Waals surface area contributed by atoms with Crippen LogP contribution in [0, 0.1) is 11.8 Å². The summed E-state index contributed by atoms with van der Waals surface area (Å²) in [5.74, 6) is 1.70. The lowest BCUT2D eigenvalue weighted by Crippen LogP contribution is -2.34. The molecule has 0 spiro atoms. The van der Waals surface area contributed by atoms with Crippen molar-refractivity contribution in [3.63, 3.8) is 0 Å². The molecule has 0 aromatic heterocycles. The molecule has 78 valence electrons. The molecule has 0 radical (unpaired) electrons. The van der Waals surface area contributed by atoms with Crippen LogP contribution in [-0.2, 0) is 0 Å². The molecule has 0 saturated carbocycles. The third-order valence-corrected chi connectivity index (χ3v) is 3.18. The van der Waals surface area contributed by atoms with Crippen molar-refractivity contribution in [3.05, 3.63) is 0 Å². The minimum absolute atomic E-state index is 0.842. The summed E-state index contributed by atoms with van der Waals surface area (Å²) in [5, 5.41) is 0. The van der Waals surface area contributed by atoms with Crippen molar-refractivity contribution in [2.24, 2.45) is 11.8 Å². The van der Waals surface area contributed by atoms with Crippen LogP contribution in [0.5, 0.6) is 0 Å². The molecule has 1 nitrogen and oxygen atoms in total. The Morgan fingerprint density at radius 3 is 2.46 bits per heavy atom. The summed E-state index contributed by atoms with van der Waals surface area (Å²) in [5.41, 5.74) is 0. The zero-order valence-corrected chi connectivity index (χ0v) is 9.71. The van der Waals surface area contributed by atoms with Gasteiger partial charge in [-0.1, -0.05) is 27.7 Å². The lowest BCUT2D eigenvalue weighted by atomic mass is 10.0. The molecule has 0 N–H and O–H groups in total. The monoisotopic (exact) mass is 183 g/mol. The van der Waals surface area contributed by atoms with E-state index in [9.17, 15) is 0 Å². The lowest BCUT2D eigenvalue weighted by Gasteiger charge is -2.28. The van der Waals surface area contributed by atoms with Gasteiger partial charge < -0.3 is 4.90 Å². The second kappa shape index (κ2) is 4.99. The maximum absolute atomic E-state index is 2.70. The van der Waals surface area contributed by atoms with Crippen LogP contribution < -0.4 is 0 Å². The van der Waals surface area contributed by atoms with E-state index < -0.39 is 0 Å². The van der Waals surface area contributed by atoms with Crippen molar-refractivity contribution in [2.75, 3.05) is 13.1 Å². The zero-order chi connectivity index (χ0) is 9.84. The van der Waals surface area contributed by atoms with Gasteiger partial charge in [-0.15, -0.1) is 0 Å². The molecule has 1 aliphatic heterocycles. The normalized spacial score (nSPS) is 24.9. The summed E-state index contributed by atoms with van der Waals surface area (Å²) in [6, 6.07) is 0.874. The molecule has 1 fully saturated rings. The van der Waals surface area contributed by atoms with Gasteiger partial charge in [-0.3, -0.25) is 0 Å². The van der Waals surface area contributed by atoms with Crippen molar-refractivity contribution in [1.29, 1.82) is 0 Å². The first-order valence-corrected chi connectivity index (χ1v) is 5.85. The fraction of sp³-hybridized carbons (Fsp3) is 1.00. The number of likely N-dealkylation sites (tertiary alicyclic amines) is 1. The van der Waals surface area contributed by atoms with Crippen molar-refractivity contribution in [1.82, 2.24) is 4.90 Å². The fourth-order valence-electron chi connectivity index (χ4n) is 2.31. The standard InChI is InChI=1S/C12H25N/c1-10(2)7-9-13-8-5-6-12(13)11(3)4/h10-12H,5-9H2,1-4H3/t12-/m0/s1. The number of nitrogens with zero attached hydrogens (tertiary/aromatic N) is 1. The van der Waals surface area contributed by atoms with Gasteiger partial charge in [0.25, 0.3) is 0 Å². The van der Waals surface area contributed by atoms with Gasteiger partial charge in [-0.05, 0) is 44.2 Å². The van der Waals surface area contributed by atoms with E-state index in [4.69, 9.17) is 0 Å². The number of rotatable bonds is 4. The molecule has 0 aromatic rings. The van der Waals surface area contributed by atoms with E-state index >= 15 is 0 Å². The van der Waals surface area contributed by atoms with Gasteiger partial charge in [0.2, 0.25) is 0 Å². The summed E-state index contributed by atoms with van der Waals surface area (Å²) in [7, 11) is 0. The Hall–Kier alpha value is -0.0400. The molecule has 0 unspecified atom stereocenters. The largest absolute Gasteiger partial charge is 0.300 e. The van der Waals surface area contributed by atoms with Gasteiger partial charge >= 0.3 is 0 Å². The molecule has 1 atom stereocenters. The average Bonchev–Trinajstić information content (AvgIpc) is 2.47. The Morgan fingerprint density at radius 2 is 1.92 bits per heavy atom. The first-order valence-electron chi connectivity index (χ1n) is 5.85. The van der Waals surface area contributed by atoms with Gasteiger partial charge in [0.1, 0.15) is 0 Å². The highest BCUT2D eigenvalue weighted by atomic mass is 15.2. The van der Waals surface area contributed by atoms with E-state index in [0.29, 0.717) is 0 Å². The minimum atomic E-state index is 0.842. The average molecular weight is 183 g/mol. The van der Waals surface area contributed by atoms with E-state index in [0.717, 1.165) is 17.9 Å². The van der Waals surface area contributed by atoms with Crippen molar-refractivity contribution in [2.45, 2.75) is 53.0 Å². The predicted octanol–water partition coefficient (Wildman–Crippen LogP) is 3.15. The van der Waals surface area contributed by atoms with Crippen LogP contribution in [0.25, 0.3) is 0 Å². The smallest absolute Gasteiger partial charge is 0.0119 e. The van der Waals surface area contributed by atoms with Gasteiger partial charge in [0, 0.05) is 6.04 Å². The third-order valence-electron chi connectivity index (χ3n) is 3.18. The maximum Gasteiger partial charge on any atom is 0.0119 e. The Morgan fingerprint density at radius 1 is 1.23 bits per heavy atom. The van der Waals surface area contributed by atoms with Gasteiger partial charge in [0.05, 0.1) is 0 Å². The topological polar surface area (TPSA) is 3.24 Å². The number of hydrogen-bond acceptors (Lipinski definition) is 1. The van der Waals surface area contributed by atoms with E-state index in [-0.39, 0.29) is 0 Å². The summed E-state index contributed by atoms with van der Waals surface area (Å²) in [4.78, 5) is 2.70. The van der Waals surface area contributed by atoms with Gasteiger partial charge in [0.15, 0.2) is 0 Å². The Bertz CT molecular complexity index is 140. The van der Waals surface area contributed by atoms with E-state index in [1.54, 1.807) is 0 Å². The summed E-state index contributed by atoms with van der Waals surface area (Å²) in [6.45, 7) is 12.0. The molecule has 0 amide bonds. The lowest BCUT2D eigenvalue weighted by molar-refractivity contribution is 0.197. The van der Waals surface area contributed by atoms with Crippen molar-refractivity contribution < 1.29 is 0 Å². The molecule has 1 heteroatoms. The summed E-state index contributed by atoms with van der Waals surface area (Å²) in [6.07, 6.45) is 4.21. The molecule has 1 heterocycles. The van der Waals surface area contributed by atoms with Crippen LogP contribution in [0.1, 0.15) is 47.0 Å². The van der Waals surface area contributed by atoms with Crippen molar-refractivity contribution >= 4 is 0 Å². The molecule has 0 bridgehead atoms. The van der Waals surface area contributed by atoms with E-state index in [2.05, 4.69) is 32.6 Å². The Kier molecular flexibility index (Phi) is 4.24.